The van der Waals surface area contributed by atoms with E-state index in [1.54, 1.807) is 12.1 Å². The van der Waals surface area contributed by atoms with Crippen LogP contribution < -0.4 is 10.1 Å². The number of carboxylic acid groups (broad SMARTS) is 1. The lowest BCUT2D eigenvalue weighted by Crippen LogP contribution is -2.02. The molecule has 2 aromatic rings. The molecule has 7 heteroatoms. The van der Waals surface area contributed by atoms with Crippen LogP contribution in [0, 0.1) is 5.82 Å². The van der Waals surface area contributed by atoms with E-state index in [4.69, 9.17) is 14.1 Å². The molecule has 0 fully saturated rings. The number of nitrogens with one attached hydrogen (secondary N) is 1. The number of anilines is 1. The monoisotopic (exact) mass is 363 g/mol. The first kappa shape index (κ1) is 18.8. The smallest absolute Gasteiger partial charge is 0.303 e. The minimum atomic E-state index is -0.935. The van der Waals surface area contributed by atoms with Crippen molar-refractivity contribution in [1.82, 2.24) is 0 Å². The summed E-state index contributed by atoms with van der Waals surface area (Å²) in [6.07, 6.45) is 1.10. The van der Waals surface area contributed by atoms with E-state index in [-0.39, 0.29) is 12.8 Å². The van der Waals surface area contributed by atoms with E-state index in [9.17, 15) is 9.18 Å². The molecule has 0 radical (unpaired) electrons. The second-order valence-corrected chi connectivity index (χ2v) is 5.56. The predicted octanol–water partition coefficient (Wildman–Crippen LogP) is 3.05. The number of halogens is 1. The number of fused-ring (bicyclic) bond motifs is 1. The van der Waals surface area contributed by atoms with Gasteiger partial charge < -0.3 is 15.2 Å². The molecule has 0 saturated heterocycles. The van der Waals surface area contributed by atoms with Gasteiger partial charge in [0, 0.05) is 30.3 Å². The molecule has 0 aromatic heterocycles. The van der Waals surface area contributed by atoms with Crippen molar-refractivity contribution >= 4 is 24.2 Å². The van der Waals surface area contributed by atoms with Crippen molar-refractivity contribution in [2.24, 2.45) is 0 Å². The third-order valence-corrected chi connectivity index (χ3v) is 3.96. The minimum Gasteiger partial charge on any atom is -0.489 e. The van der Waals surface area contributed by atoms with E-state index in [1.807, 2.05) is 12.1 Å². The SMILES string of the molecule is O=C(O)CCc1ccc(OCc2cccc3c2NCC3)cc1F.O=S. The fourth-order valence-electron chi connectivity index (χ4n) is 2.75. The van der Waals surface area contributed by atoms with Crippen molar-refractivity contribution in [3.63, 3.8) is 0 Å². The Morgan fingerprint density at radius 2 is 2.04 bits per heavy atom. The highest BCUT2D eigenvalue weighted by molar-refractivity contribution is 7.44. The van der Waals surface area contributed by atoms with E-state index < -0.39 is 11.8 Å². The van der Waals surface area contributed by atoms with Crippen LogP contribution in [0.15, 0.2) is 36.4 Å². The molecule has 2 aromatic carbocycles. The lowest BCUT2D eigenvalue weighted by atomic mass is 10.1. The summed E-state index contributed by atoms with van der Waals surface area (Å²) < 4.78 is 27.5. The molecule has 0 amide bonds. The van der Waals surface area contributed by atoms with Crippen molar-refractivity contribution in [2.75, 3.05) is 11.9 Å². The van der Waals surface area contributed by atoms with Gasteiger partial charge in [0.15, 0.2) is 12.5 Å². The van der Waals surface area contributed by atoms with Gasteiger partial charge in [0.25, 0.3) is 0 Å². The van der Waals surface area contributed by atoms with E-state index in [2.05, 4.69) is 23.9 Å². The summed E-state index contributed by atoms with van der Waals surface area (Å²) in [6, 6.07) is 10.7. The Balaban J connectivity index is 0.00000109. The summed E-state index contributed by atoms with van der Waals surface area (Å²) in [7, 11) is 0. The molecule has 0 atom stereocenters. The van der Waals surface area contributed by atoms with Crippen LogP contribution >= 0.6 is 0 Å². The van der Waals surface area contributed by atoms with Crippen molar-refractivity contribution in [3.05, 3.63) is 58.9 Å². The van der Waals surface area contributed by atoms with Gasteiger partial charge in [-0.1, -0.05) is 24.3 Å². The molecular weight excluding hydrogens is 345 g/mol. The Labute approximate surface area is 150 Å². The number of ether oxygens (including phenoxy) is 1. The van der Waals surface area contributed by atoms with Crippen LogP contribution in [0.5, 0.6) is 5.75 Å². The summed E-state index contributed by atoms with van der Waals surface area (Å²) in [5.41, 5.74) is 3.84. The van der Waals surface area contributed by atoms with Crippen LogP contribution in [0.1, 0.15) is 23.1 Å². The number of hydrogen-bond donors (Lipinski definition) is 2. The molecular formula is C18H18FNO4S. The number of benzene rings is 2. The number of hydrogen-bond acceptors (Lipinski definition) is 5. The van der Waals surface area contributed by atoms with Crippen molar-refractivity contribution < 1.29 is 23.2 Å². The molecule has 1 aliphatic rings. The summed E-state index contributed by atoms with van der Waals surface area (Å²) in [4.78, 5) is 10.6. The highest BCUT2D eigenvalue weighted by Gasteiger charge is 2.14. The van der Waals surface area contributed by atoms with Crippen LogP contribution in [-0.4, -0.2) is 21.8 Å². The van der Waals surface area contributed by atoms with Crippen molar-refractivity contribution in [2.45, 2.75) is 25.9 Å². The molecule has 0 saturated carbocycles. The number of aliphatic carboxylic acids is 1. The van der Waals surface area contributed by atoms with Crippen LogP contribution in [0.4, 0.5) is 10.1 Å². The first-order chi connectivity index (χ1) is 12.1. The standard InChI is InChI=1S/C18H18FNO3.OS/c19-16-10-15(6-4-12(16)5-7-17(21)22)23-11-14-3-1-2-13-8-9-20-18(13)14;1-2/h1-4,6,10,20H,5,7-9,11H2,(H,21,22);. The normalized spacial score (nSPS) is 11.7. The Hall–Kier alpha value is -2.54. The highest BCUT2D eigenvalue weighted by Crippen LogP contribution is 2.27. The van der Waals surface area contributed by atoms with Crippen molar-refractivity contribution in [1.29, 1.82) is 0 Å². The van der Waals surface area contributed by atoms with Crippen LogP contribution in [0.3, 0.4) is 0 Å². The maximum atomic E-state index is 14.0. The minimum absolute atomic E-state index is 0.0844. The van der Waals surface area contributed by atoms with Crippen LogP contribution in [0.2, 0.25) is 0 Å². The first-order valence-electron chi connectivity index (χ1n) is 7.78. The molecule has 1 aliphatic heterocycles. The average molecular weight is 363 g/mol. The summed E-state index contributed by atoms with van der Waals surface area (Å²) in [5.74, 6) is -0.924. The third kappa shape index (κ3) is 4.96. The fraction of sp³-hybridized carbons (Fsp3) is 0.278. The molecule has 132 valence electrons. The Kier molecular flexibility index (Phi) is 6.82. The number of aryl methyl sites for hydroxylation is 1. The van der Waals surface area contributed by atoms with Crippen LogP contribution in [-0.2, 0) is 36.8 Å². The van der Waals surface area contributed by atoms with Crippen LogP contribution in [0.25, 0.3) is 0 Å². The van der Waals surface area contributed by atoms with E-state index in [0.717, 1.165) is 24.2 Å². The molecule has 5 nitrogen and oxygen atoms in total. The van der Waals surface area contributed by atoms with E-state index in [0.29, 0.717) is 17.9 Å². The first-order valence-corrected chi connectivity index (χ1v) is 8.11. The summed E-state index contributed by atoms with van der Waals surface area (Å²) >= 11 is 2.83. The number of rotatable bonds is 6. The van der Waals surface area contributed by atoms with Gasteiger partial charge in [-0.3, -0.25) is 4.79 Å². The zero-order valence-corrected chi connectivity index (χ0v) is 14.3. The lowest BCUT2D eigenvalue weighted by Gasteiger charge is -2.11. The topological polar surface area (TPSA) is 75.6 Å². The molecule has 0 unspecified atom stereocenters. The number of carboxylic acids is 1. The molecule has 2 N–H and O–H groups in total. The maximum Gasteiger partial charge on any atom is 0.303 e. The van der Waals surface area contributed by atoms with Gasteiger partial charge in [-0.05, 0) is 30.0 Å². The molecule has 0 bridgehead atoms. The van der Waals surface area contributed by atoms with Gasteiger partial charge in [0.05, 0.1) is 0 Å². The van der Waals surface area contributed by atoms with Gasteiger partial charge in [-0.15, -0.1) is 0 Å². The Morgan fingerprint density at radius 3 is 2.76 bits per heavy atom. The molecule has 1 heterocycles. The quantitative estimate of drug-likeness (QED) is 0.822. The van der Waals surface area contributed by atoms with Gasteiger partial charge >= 0.3 is 5.97 Å². The Morgan fingerprint density at radius 1 is 1.24 bits per heavy atom. The lowest BCUT2D eigenvalue weighted by molar-refractivity contribution is -0.136. The third-order valence-electron chi connectivity index (χ3n) is 3.96. The van der Waals surface area contributed by atoms with Gasteiger partial charge in [0.2, 0.25) is 0 Å². The summed E-state index contributed by atoms with van der Waals surface area (Å²) in [6.45, 7) is 1.29. The van der Waals surface area contributed by atoms with Crippen molar-refractivity contribution in [3.8, 4) is 5.75 Å². The molecule has 0 spiro atoms. The van der Waals surface area contributed by atoms with Gasteiger partial charge in [-0.25, -0.2) is 4.39 Å². The average Bonchev–Trinajstić information content (AvgIpc) is 3.10. The molecule has 3 rings (SSSR count). The number of para-hydroxylation sites is 1. The predicted molar refractivity (Wildman–Crippen MR) is 93.5 cm³/mol. The fourth-order valence-corrected chi connectivity index (χ4v) is 2.75. The number of carbonyl (C=O) groups is 1. The largest absolute Gasteiger partial charge is 0.489 e. The highest BCUT2D eigenvalue weighted by atomic mass is 32.1. The molecule has 25 heavy (non-hydrogen) atoms. The maximum absolute atomic E-state index is 14.0. The zero-order chi connectivity index (χ0) is 18.2. The van der Waals surface area contributed by atoms with Gasteiger partial charge in [0.1, 0.15) is 18.2 Å². The Bertz CT molecular complexity index is 754. The van der Waals surface area contributed by atoms with E-state index in [1.165, 1.54) is 11.6 Å². The van der Waals surface area contributed by atoms with Gasteiger partial charge in [-0.2, -0.15) is 4.21 Å². The second-order valence-electron chi connectivity index (χ2n) is 5.56. The summed E-state index contributed by atoms with van der Waals surface area (Å²) in [5, 5.41) is 12.0. The van der Waals surface area contributed by atoms with E-state index >= 15 is 0 Å². The molecule has 0 aliphatic carbocycles. The second kappa shape index (κ2) is 9.08. The zero-order valence-electron chi connectivity index (χ0n) is 13.5.